The van der Waals surface area contributed by atoms with Gasteiger partial charge in [0.05, 0.1) is 16.6 Å². The molecule has 0 bridgehead atoms. The maximum Gasteiger partial charge on any atom is 0.410 e. The van der Waals surface area contributed by atoms with Gasteiger partial charge in [0.1, 0.15) is 5.60 Å². The molecule has 1 aliphatic rings. The van der Waals surface area contributed by atoms with Crippen molar-refractivity contribution in [3.63, 3.8) is 0 Å². The fraction of sp³-hybridized carbons (Fsp3) is 0.412. The number of non-ortho nitro benzene ring substituents is 1. The van der Waals surface area contributed by atoms with Gasteiger partial charge >= 0.3 is 6.09 Å². The minimum Gasteiger partial charge on any atom is -0.444 e. The fourth-order valence-electron chi connectivity index (χ4n) is 2.81. The summed E-state index contributed by atoms with van der Waals surface area (Å²) in [6, 6.07) is 3.04. The molecule has 1 aromatic carbocycles. The van der Waals surface area contributed by atoms with Crippen molar-refractivity contribution in [2.75, 3.05) is 13.1 Å². The van der Waals surface area contributed by atoms with E-state index in [9.17, 15) is 14.9 Å². The quantitative estimate of drug-likeness (QED) is 0.663. The molecule has 0 saturated carbocycles. The average molecular weight is 344 g/mol. The Hall–Kier alpha value is -2.90. The van der Waals surface area contributed by atoms with Crippen LogP contribution in [0.15, 0.2) is 24.4 Å². The lowest BCUT2D eigenvalue weighted by molar-refractivity contribution is -0.384. The number of carbonyl (C=O) groups excluding carboxylic acids is 1. The highest BCUT2D eigenvalue weighted by atomic mass is 16.6. The summed E-state index contributed by atoms with van der Waals surface area (Å²) in [6.45, 7) is 6.40. The lowest BCUT2D eigenvalue weighted by Gasteiger charge is -2.29. The van der Waals surface area contributed by atoms with Crippen molar-refractivity contribution in [3.05, 3.63) is 40.1 Å². The molecule has 2 aromatic rings. The fourth-order valence-corrected chi connectivity index (χ4v) is 2.81. The predicted octanol–water partition coefficient (Wildman–Crippen LogP) is 3.50. The van der Waals surface area contributed by atoms with E-state index in [1.165, 1.54) is 6.07 Å². The number of nitro groups is 1. The number of nitrogens with one attached hydrogen (secondary N) is 1. The SMILES string of the molecule is CC(C)(C)OC(=O)N1CC=C(c2cc([N+](=O)[O-])cc3[nH]ncc23)CC1. The van der Waals surface area contributed by atoms with E-state index < -0.39 is 10.5 Å². The topological polar surface area (TPSA) is 101 Å². The van der Waals surface area contributed by atoms with Crippen LogP contribution in [0.3, 0.4) is 0 Å². The Bertz CT molecular complexity index is 863. The molecule has 1 aromatic heterocycles. The van der Waals surface area contributed by atoms with Crippen molar-refractivity contribution >= 4 is 28.3 Å². The third kappa shape index (κ3) is 3.62. The van der Waals surface area contributed by atoms with Crippen LogP contribution in [0.5, 0.6) is 0 Å². The molecule has 25 heavy (non-hydrogen) atoms. The van der Waals surface area contributed by atoms with E-state index in [0.29, 0.717) is 25.0 Å². The summed E-state index contributed by atoms with van der Waals surface area (Å²) in [4.78, 5) is 24.5. The van der Waals surface area contributed by atoms with Crippen molar-refractivity contribution in [2.45, 2.75) is 32.8 Å². The molecule has 0 aliphatic carbocycles. The van der Waals surface area contributed by atoms with Gasteiger partial charge in [-0.25, -0.2) is 4.79 Å². The number of fused-ring (bicyclic) bond motifs is 1. The number of benzene rings is 1. The second kappa shape index (κ2) is 6.19. The number of nitro benzene ring substituents is 1. The van der Waals surface area contributed by atoms with Crippen molar-refractivity contribution < 1.29 is 14.5 Å². The molecule has 0 radical (unpaired) electrons. The summed E-state index contributed by atoms with van der Waals surface area (Å²) < 4.78 is 5.38. The Morgan fingerprint density at radius 3 is 2.76 bits per heavy atom. The van der Waals surface area contributed by atoms with Gasteiger partial charge in [0.25, 0.3) is 5.69 Å². The molecule has 0 fully saturated rings. The Morgan fingerprint density at radius 1 is 1.40 bits per heavy atom. The van der Waals surface area contributed by atoms with Gasteiger partial charge in [0, 0.05) is 30.6 Å². The predicted molar refractivity (Wildman–Crippen MR) is 93.1 cm³/mol. The first-order chi connectivity index (χ1) is 11.7. The maximum atomic E-state index is 12.1. The summed E-state index contributed by atoms with van der Waals surface area (Å²) in [6.07, 6.45) is 3.82. The molecule has 8 heteroatoms. The molecule has 1 aliphatic heterocycles. The van der Waals surface area contributed by atoms with Crippen LogP contribution in [0.1, 0.15) is 32.8 Å². The number of aromatic amines is 1. The largest absolute Gasteiger partial charge is 0.444 e. The third-order valence-electron chi connectivity index (χ3n) is 3.96. The molecular weight excluding hydrogens is 324 g/mol. The van der Waals surface area contributed by atoms with Crippen LogP contribution in [0, 0.1) is 10.1 Å². The number of ether oxygens (including phenoxy) is 1. The van der Waals surface area contributed by atoms with Crippen molar-refractivity contribution in [1.29, 1.82) is 0 Å². The molecule has 0 saturated heterocycles. The minimum atomic E-state index is -0.538. The van der Waals surface area contributed by atoms with Gasteiger partial charge < -0.3 is 9.64 Å². The number of nitrogens with zero attached hydrogens (tertiary/aromatic N) is 3. The van der Waals surface area contributed by atoms with Crippen LogP contribution < -0.4 is 0 Å². The number of aromatic nitrogens is 2. The van der Waals surface area contributed by atoms with Gasteiger partial charge in [-0.1, -0.05) is 6.08 Å². The Labute approximate surface area is 144 Å². The van der Waals surface area contributed by atoms with Gasteiger partial charge in [-0.15, -0.1) is 0 Å². The van der Waals surface area contributed by atoms with Gasteiger partial charge in [0.15, 0.2) is 0 Å². The van der Waals surface area contributed by atoms with Crippen molar-refractivity contribution in [2.24, 2.45) is 0 Å². The van der Waals surface area contributed by atoms with Crippen LogP contribution in [0.4, 0.5) is 10.5 Å². The molecule has 0 atom stereocenters. The van der Waals surface area contributed by atoms with Crippen LogP contribution >= 0.6 is 0 Å². The third-order valence-corrected chi connectivity index (χ3v) is 3.96. The normalized spacial score (nSPS) is 15.2. The van der Waals surface area contributed by atoms with Crippen LogP contribution in [0.2, 0.25) is 0 Å². The zero-order valence-electron chi connectivity index (χ0n) is 14.4. The Morgan fingerprint density at radius 2 is 2.16 bits per heavy atom. The maximum absolute atomic E-state index is 12.1. The van der Waals surface area contributed by atoms with Crippen LogP contribution in [-0.4, -0.2) is 44.8 Å². The minimum absolute atomic E-state index is 0.0159. The Kier molecular flexibility index (Phi) is 4.20. The van der Waals surface area contributed by atoms with E-state index in [2.05, 4.69) is 10.2 Å². The first kappa shape index (κ1) is 16.9. The molecule has 8 nitrogen and oxygen atoms in total. The van der Waals surface area contributed by atoms with E-state index in [4.69, 9.17) is 4.74 Å². The molecule has 2 heterocycles. The van der Waals surface area contributed by atoms with Gasteiger partial charge in [-0.3, -0.25) is 15.2 Å². The molecule has 1 amide bonds. The highest BCUT2D eigenvalue weighted by molar-refractivity contribution is 5.93. The number of H-pyrrole nitrogens is 1. The number of hydrogen-bond acceptors (Lipinski definition) is 5. The van der Waals surface area contributed by atoms with E-state index in [-0.39, 0.29) is 11.8 Å². The van der Waals surface area contributed by atoms with E-state index >= 15 is 0 Å². The molecule has 132 valence electrons. The summed E-state index contributed by atoms with van der Waals surface area (Å²) >= 11 is 0. The van der Waals surface area contributed by atoms with E-state index in [1.54, 1.807) is 17.2 Å². The smallest absolute Gasteiger partial charge is 0.410 e. The lowest BCUT2D eigenvalue weighted by atomic mass is 9.96. The average Bonchev–Trinajstić information content (AvgIpc) is 3.01. The summed E-state index contributed by atoms with van der Waals surface area (Å²) in [5, 5.41) is 18.8. The number of hydrogen-bond donors (Lipinski definition) is 1. The number of rotatable bonds is 2. The zero-order valence-corrected chi connectivity index (χ0v) is 14.4. The van der Waals surface area contributed by atoms with Crippen molar-refractivity contribution in [1.82, 2.24) is 15.1 Å². The first-order valence-corrected chi connectivity index (χ1v) is 8.03. The summed E-state index contributed by atoms with van der Waals surface area (Å²) in [5.41, 5.74) is 1.85. The van der Waals surface area contributed by atoms with Crippen molar-refractivity contribution in [3.8, 4) is 0 Å². The van der Waals surface area contributed by atoms with Crippen LogP contribution in [-0.2, 0) is 4.74 Å². The standard InChI is InChI=1S/C17H20N4O4/c1-17(2,3)25-16(22)20-6-4-11(5-7-20)13-8-12(21(23)24)9-15-14(13)10-18-19-15/h4,8-10H,5-7H2,1-3H3,(H,18,19). The van der Waals surface area contributed by atoms with E-state index in [1.807, 2.05) is 26.8 Å². The Balaban J connectivity index is 1.87. The van der Waals surface area contributed by atoms with Gasteiger partial charge in [-0.05, 0) is 38.3 Å². The molecular formula is C17H20N4O4. The molecule has 1 N–H and O–H groups in total. The van der Waals surface area contributed by atoms with Gasteiger partial charge in [0.2, 0.25) is 0 Å². The highest BCUT2D eigenvalue weighted by Crippen LogP contribution is 2.32. The second-order valence-electron chi connectivity index (χ2n) is 6.99. The van der Waals surface area contributed by atoms with Gasteiger partial charge in [-0.2, -0.15) is 5.10 Å². The first-order valence-electron chi connectivity index (χ1n) is 8.03. The summed E-state index contributed by atoms with van der Waals surface area (Å²) in [5.74, 6) is 0. The molecule has 3 rings (SSSR count). The highest BCUT2D eigenvalue weighted by Gasteiger charge is 2.25. The molecule has 0 spiro atoms. The zero-order chi connectivity index (χ0) is 18.2. The van der Waals surface area contributed by atoms with E-state index in [0.717, 1.165) is 16.5 Å². The lowest BCUT2D eigenvalue weighted by Crippen LogP contribution is -2.39. The monoisotopic (exact) mass is 344 g/mol. The second-order valence-corrected chi connectivity index (χ2v) is 6.99. The molecule has 0 unspecified atom stereocenters. The van der Waals surface area contributed by atoms with Crippen LogP contribution in [0.25, 0.3) is 16.5 Å². The number of carbonyl (C=O) groups is 1. The number of amides is 1. The summed E-state index contributed by atoms with van der Waals surface area (Å²) in [7, 11) is 0.